The van der Waals surface area contributed by atoms with Gasteiger partial charge in [-0.2, -0.15) is 0 Å². The van der Waals surface area contributed by atoms with E-state index in [-0.39, 0.29) is 64.4 Å². The molecule has 394 valence electrons. The summed E-state index contributed by atoms with van der Waals surface area (Å²) in [5.41, 5.74) is 7.73. The third kappa shape index (κ3) is 11.7. The minimum Gasteiger partial charge on any atom is -0.508 e. The summed E-state index contributed by atoms with van der Waals surface area (Å²) in [7, 11) is 1.33. The van der Waals surface area contributed by atoms with E-state index in [2.05, 4.69) is 19.9 Å². The minimum absolute atomic E-state index is 0.00259. The third-order valence-corrected chi connectivity index (χ3v) is 19.7. The largest absolute Gasteiger partial charge is 0.508 e. The number of imidazole rings is 1. The molecule has 3 saturated heterocycles. The van der Waals surface area contributed by atoms with Crippen LogP contribution in [-0.2, 0) is 52.9 Å². The van der Waals surface area contributed by atoms with Crippen LogP contribution in [-0.4, -0.2) is 103 Å². The first-order chi connectivity index (χ1) is 36.7. The number of nitrogens with one attached hydrogen (secondary N) is 1. The van der Waals surface area contributed by atoms with Gasteiger partial charge in [0.1, 0.15) is 54.0 Å². The Morgan fingerprint density at radius 2 is 1.43 bits per heavy atom. The van der Waals surface area contributed by atoms with Gasteiger partial charge in [-0.15, -0.1) is 0 Å². The van der Waals surface area contributed by atoms with Gasteiger partial charge in [-0.05, 0) is 82.4 Å². The smallest absolute Gasteiger partial charge is 0.390 e. The maximum atomic E-state index is 15.4. The third-order valence-electron chi connectivity index (χ3n) is 12.4. The molecule has 9 atom stereocenters. The standard InChI is InChI=1S/C49H45N7O16P2S2/c1-65-42-38-23-67-73(63,75-25-30-6-16-35(17-7-30)69-48(61)33-10-2-28(21-57)3-11-33)71-37-20-36(68-46(37)56-27-53-40-44(50)51-26-52-45(40)56)22-66-74(64,72-43(42)47(70-38)55-19-18-39(59)54-49(55)62)76-24-29-4-8-31(9-5-29)41(60)32-12-14-34(58)15-13-32/h2-19,21,26-27,36-38,42-43,46-47,58H,20,22-25H2,1H3,(H2,50,51,52)(H,54,59,62)/t36-,37+,38+,42+,43+,46+,47+,73?,74?/m0/s1. The van der Waals surface area contributed by atoms with Gasteiger partial charge >= 0.3 is 25.3 Å². The van der Waals surface area contributed by atoms with E-state index in [0.717, 1.165) is 33.4 Å². The molecule has 0 amide bonds. The molecule has 3 aliphatic heterocycles. The highest BCUT2D eigenvalue weighted by atomic mass is 32.7. The van der Waals surface area contributed by atoms with E-state index in [1.54, 1.807) is 53.1 Å². The van der Waals surface area contributed by atoms with Crippen molar-refractivity contribution in [3.8, 4) is 11.5 Å². The zero-order chi connectivity index (χ0) is 53.1. The quantitative estimate of drug-likeness (QED) is 0.0324. The van der Waals surface area contributed by atoms with Crippen molar-refractivity contribution < 1.29 is 65.7 Å². The monoisotopic (exact) mass is 1110 g/mol. The topological polar surface area (TPSA) is 304 Å². The van der Waals surface area contributed by atoms with Crippen LogP contribution in [0.25, 0.3) is 11.2 Å². The molecule has 6 heterocycles. The van der Waals surface area contributed by atoms with E-state index < -0.39 is 80.4 Å². The number of fused-ring (bicyclic) bond motifs is 5. The van der Waals surface area contributed by atoms with Crippen LogP contribution in [0.2, 0.25) is 0 Å². The lowest BCUT2D eigenvalue weighted by Gasteiger charge is -2.29. The summed E-state index contributed by atoms with van der Waals surface area (Å²) in [6.45, 7) is -9.66. The number of phenols is 1. The molecule has 4 N–H and O–H groups in total. The average molecular weight is 1110 g/mol. The summed E-state index contributed by atoms with van der Waals surface area (Å²) in [5, 5.41) is 9.70. The number of carbonyl (C=O) groups is 3. The van der Waals surface area contributed by atoms with Gasteiger partial charge in [0.25, 0.3) is 5.56 Å². The van der Waals surface area contributed by atoms with E-state index in [9.17, 15) is 29.1 Å². The van der Waals surface area contributed by atoms with Crippen LogP contribution in [0.1, 0.15) is 66.6 Å². The second-order valence-electron chi connectivity index (χ2n) is 17.3. The Balaban J connectivity index is 0.948. The molecule has 7 aromatic rings. The van der Waals surface area contributed by atoms with E-state index >= 15 is 9.13 Å². The van der Waals surface area contributed by atoms with Gasteiger partial charge in [-0.25, -0.2) is 33.7 Å². The number of aromatic amines is 1. The number of nitrogens with zero attached hydrogens (tertiary/aromatic N) is 5. The number of hydrogen-bond donors (Lipinski definition) is 3. The molecule has 4 bridgehead atoms. The highest BCUT2D eigenvalue weighted by molar-refractivity contribution is 8.55. The Bertz CT molecular complexity index is 3500. The predicted molar refractivity (Wildman–Crippen MR) is 275 cm³/mol. The van der Waals surface area contributed by atoms with E-state index in [1.165, 1.54) is 74.5 Å². The second-order valence-corrected chi connectivity index (χ2v) is 25.4. The summed E-state index contributed by atoms with van der Waals surface area (Å²) < 4.78 is 83.4. The Labute approximate surface area is 438 Å². The van der Waals surface area contributed by atoms with Crippen molar-refractivity contribution >= 4 is 71.4 Å². The van der Waals surface area contributed by atoms with Crippen molar-refractivity contribution in [1.29, 1.82) is 0 Å². The lowest BCUT2D eigenvalue weighted by atomic mass is 10.0. The first-order valence-corrected chi connectivity index (χ1v) is 29.5. The number of anilines is 1. The highest BCUT2D eigenvalue weighted by Gasteiger charge is 2.53. The van der Waals surface area contributed by atoms with Crippen LogP contribution < -0.4 is 21.7 Å². The van der Waals surface area contributed by atoms with Crippen LogP contribution >= 0.6 is 36.4 Å². The zero-order valence-corrected chi connectivity index (χ0v) is 43.2. The summed E-state index contributed by atoms with van der Waals surface area (Å²) in [6, 6.07) is 26.0. The number of aromatic hydroxyl groups is 1. The van der Waals surface area contributed by atoms with Crippen molar-refractivity contribution in [3.63, 3.8) is 0 Å². The molecular weight excluding hydrogens is 1070 g/mol. The van der Waals surface area contributed by atoms with Gasteiger partial charge < -0.3 is 29.8 Å². The number of nitrogens with two attached hydrogens (primary N) is 1. The molecule has 2 unspecified atom stereocenters. The van der Waals surface area contributed by atoms with Crippen LogP contribution in [0, 0.1) is 0 Å². The molecular formula is C49H45N7O16P2S2. The molecule has 0 saturated carbocycles. The Morgan fingerprint density at radius 3 is 2.11 bits per heavy atom. The summed E-state index contributed by atoms with van der Waals surface area (Å²) >= 11 is 1.65. The Morgan fingerprint density at radius 1 is 0.789 bits per heavy atom. The number of phenolic OH excluding ortho intramolecular Hbond substituents is 1. The number of aldehydes is 1. The van der Waals surface area contributed by atoms with Gasteiger partial charge in [0.05, 0.1) is 31.2 Å². The minimum atomic E-state index is -4.41. The fraction of sp³-hybridized carbons (Fsp3) is 0.265. The van der Waals surface area contributed by atoms with Crippen LogP contribution in [0.15, 0.2) is 132 Å². The van der Waals surface area contributed by atoms with Gasteiger partial charge in [0.15, 0.2) is 29.7 Å². The number of hydrogen-bond acceptors (Lipinski definition) is 22. The molecule has 76 heavy (non-hydrogen) atoms. The van der Waals surface area contributed by atoms with E-state index in [4.69, 9.17) is 42.8 Å². The zero-order valence-electron chi connectivity index (χ0n) is 39.8. The SMILES string of the molecule is CO[C@H]1[C@H]2OP(=O)(SCc3ccc(C(=O)c4ccc(O)cc4)cc3)OC[C@@H]3C[C@@H](OP(=O)(SCc4ccc(OC(=O)c5ccc(C=O)cc5)cc4)OC[C@H]1O[C@H]2n1ccc(=O)[nH]c1=O)[C@H](n1cnc2c(N)ncnc21)O3. The number of esters is 1. The maximum Gasteiger partial charge on any atom is 0.390 e. The number of aromatic nitrogens is 6. The molecule has 10 rings (SSSR count). The van der Waals surface area contributed by atoms with Crippen LogP contribution in [0.3, 0.4) is 0 Å². The predicted octanol–water partition coefficient (Wildman–Crippen LogP) is 7.03. The highest BCUT2D eigenvalue weighted by Crippen LogP contribution is 2.67. The van der Waals surface area contributed by atoms with Crippen molar-refractivity contribution in [2.45, 2.75) is 60.9 Å². The first-order valence-electron chi connectivity index (χ1n) is 23.2. The summed E-state index contributed by atoms with van der Waals surface area (Å²) in [6.07, 6.45) is -3.78. The molecule has 27 heteroatoms. The number of H-pyrrole nitrogens is 1. The Hall–Kier alpha value is -6.60. The molecule has 23 nitrogen and oxygen atoms in total. The molecule has 3 aliphatic rings. The fourth-order valence-electron chi connectivity index (χ4n) is 8.52. The van der Waals surface area contributed by atoms with Crippen LogP contribution in [0.4, 0.5) is 5.82 Å². The summed E-state index contributed by atoms with van der Waals surface area (Å²) in [4.78, 5) is 77.8. The van der Waals surface area contributed by atoms with E-state index in [0.29, 0.717) is 34.1 Å². The van der Waals surface area contributed by atoms with Gasteiger partial charge in [-0.3, -0.25) is 46.6 Å². The lowest BCUT2D eigenvalue weighted by Crippen LogP contribution is -2.40. The van der Waals surface area contributed by atoms with Crippen molar-refractivity contribution in [3.05, 3.63) is 176 Å². The molecule has 0 radical (unpaired) electrons. The first kappa shape index (κ1) is 52.8. The van der Waals surface area contributed by atoms with Gasteiger partial charge in [0.2, 0.25) is 0 Å². The van der Waals surface area contributed by atoms with Gasteiger partial charge in [0, 0.05) is 54.0 Å². The van der Waals surface area contributed by atoms with Crippen LogP contribution in [0.5, 0.6) is 11.5 Å². The summed E-state index contributed by atoms with van der Waals surface area (Å²) in [5.74, 6) is -0.517. The van der Waals surface area contributed by atoms with Crippen molar-refractivity contribution in [2.24, 2.45) is 0 Å². The number of rotatable bonds is 14. The normalized spacial score (nSPS) is 25.7. The van der Waals surface area contributed by atoms with Crippen molar-refractivity contribution in [1.82, 2.24) is 29.1 Å². The van der Waals surface area contributed by atoms with Crippen molar-refractivity contribution in [2.75, 3.05) is 26.1 Å². The number of carbonyl (C=O) groups excluding carboxylic acids is 3. The molecule has 0 aliphatic carbocycles. The maximum absolute atomic E-state index is 15.4. The lowest BCUT2D eigenvalue weighted by molar-refractivity contribution is -0.0610. The molecule has 0 spiro atoms. The number of ketones is 1. The number of ether oxygens (including phenoxy) is 4. The van der Waals surface area contributed by atoms with E-state index in [1.807, 2.05) is 0 Å². The van der Waals surface area contributed by atoms with Gasteiger partial charge in [-0.1, -0.05) is 48.5 Å². The molecule has 3 fully saturated rings. The fourth-order valence-corrected chi connectivity index (χ4v) is 15.3. The Kier molecular flexibility index (Phi) is 15.7. The number of nitrogen functional groups attached to an aromatic ring is 1. The molecule has 4 aromatic carbocycles. The average Bonchev–Trinajstić information content (AvgIpc) is 4.15. The second kappa shape index (κ2) is 22.5. The molecule has 3 aromatic heterocycles. The number of benzene rings is 4. The number of methoxy groups -OCH3 is 1.